The van der Waals surface area contributed by atoms with Crippen LogP contribution in [0, 0.1) is 0 Å². The van der Waals surface area contributed by atoms with E-state index in [1.165, 1.54) is 12.4 Å². The van der Waals surface area contributed by atoms with Gasteiger partial charge in [-0.1, -0.05) is 13.8 Å². The summed E-state index contributed by atoms with van der Waals surface area (Å²) < 4.78 is 0. The standard InChI is InChI=1S/C10H15N3O2/c1-3-10(4-2,9(14)15)13-8-7-11-5-6-12-8/h5-7H,3-4H2,1-2H3,(H,12,13)(H,14,15). The Balaban J connectivity index is 2.89. The van der Waals surface area contributed by atoms with Crippen molar-refractivity contribution in [2.75, 3.05) is 5.32 Å². The molecule has 1 rings (SSSR count). The Hall–Kier alpha value is -1.65. The molecule has 1 heterocycles. The molecular formula is C10H15N3O2. The highest BCUT2D eigenvalue weighted by atomic mass is 16.4. The maximum absolute atomic E-state index is 11.2. The van der Waals surface area contributed by atoms with Crippen LogP contribution in [0.4, 0.5) is 5.82 Å². The van der Waals surface area contributed by atoms with Gasteiger partial charge in [0.1, 0.15) is 11.4 Å². The normalized spacial score (nSPS) is 11.1. The zero-order chi connectivity index (χ0) is 11.3. The van der Waals surface area contributed by atoms with Crippen molar-refractivity contribution in [1.29, 1.82) is 0 Å². The van der Waals surface area contributed by atoms with Gasteiger partial charge in [0.05, 0.1) is 6.20 Å². The summed E-state index contributed by atoms with van der Waals surface area (Å²) in [7, 11) is 0. The molecule has 0 saturated heterocycles. The van der Waals surface area contributed by atoms with E-state index < -0.39 is 11.5 Å². The molecule has 0 unspecified atom stereocenters. The lowest BCUT2D eigenvalue weighted by atomic mass is 9.93. The minimum Gasteiger partial charge on any atom is -0.480 e. The average molecular weight is 209 g/mol. The van der Waals surface area contributed by atoms with Crippen LogP contribution in [0.1, 0.15) is 26.7 Å². The van der Waals surface area contributed by atoms with Gasteiger partial charge < -0.3 is 10.4 Å². The molecule has 0 saturated carbocycles. The molecule has 0 amide bonds. The summed E-state index contributed by atoms with van der Waals surface area (Å²) in [4.78, 5) is 19.1. The third-order valence-electron chi connectivity index (χ3n) is 2.55. The fraction of sp³-hybridized carbons (Fsp3) is 0.500. The van der Waals surface area contributed by atoms with E-state index in [9.17, 15) is 9.90 Å². The predicted octanol–water partition coefficient (Wildman–Crippen LogP) is 1.53. The van der Waals surface area contributed by atoms with Crippen molar-refractivity contribution < 1.29 is 9.90 Å². The highest BCUT2D eigenvalue weighted by Crippen LogP contribution is 2.20. The van der Waals surface area contributed by atoms with Crippen LogP contribution in [0.2, 0.25) is 0 Å². The first-order valence-electron chi connectivity index (χ1n) is 4.92. The second kappa shape index (κ2) is 4.72. The summed E-state index contributed by atoms with van der Waals surface area (Å²) in [5.41, 5.74) is -0.948. The Labute approximate surface area is 88.6 Å². The third-order valence-corrected chi connectivity index (χ3v) is 2.55. The number of aromatic nitrogens is 2. The lowest BCUT2D eigenvalue weighted by Gasteiger charge is -2.28. The molecule has 1 aromatic rings. The van der Waals surface area contributed by atoms with Crippen LogP contribution in [0.25, 0.3) is 0 Å². The van der Waals surface area contributed by atoms with Gasteiger partial charge in [-0.15, -0.1) is 0 Å². The van der Waals surface area contributed by atoms with Crippen molar-refractivity contribution in [2.24, 2.45) is 0 Å². The minimum absolute atomic E-state index is 0.489. The molecule has 0 radical (unpaired) electrons. The Morgan fingerprint density at radius 3 is 2.53 bits per heavy atom. The number of anilines is 1. The van der Waals surface area contributed by atoms with Gasteiger partial charge in [0.25, 0.3) is 0 Å². The van der Waals surface area contributed by atoms with Gasteiger partial charge in [0, 0.05) is 12.4 Å². The number of nitrogens with zero attached hydrogens (tertiary/aromatic N) is 2. The van der Waals surface area contributed by atoms with E-state index in [1.54, 1.807) is 6.20 Å². The van der Waals surface area contributed by atoms with Crippen molar-refractivity contribution in [3.8, 4) is 0 Å². The smallest absolute Gasteiger partial charge is 0.329 e. The van der Waals surface area contributed by atoms with Gasteiger partial charge in [0.15, 0.2) is 0 Å². The second-order valence-electron chi connectivity index (χ2n) is 3.31. The van der Waals surface area contributed by atoms with E-state index in [-0.39, 0.29) is 0 Å². The summed E-state index contributed by atoms with van der Waals surface area (Å²) in [5, 5.41) is 12.1. The Morgan fingerprint density at radius 2 is 2.13 bits per heavy atom. The molecule has 0 spiro atoms. The summed E-state index contributed by atoms with van der Waals surface area (Å²) in [6, 6.07) is 0. The van der Waals surface area contributed by atoms with Crippen molar-refractivity contribution in [3.63, 3.8) is 0 Å². The first kappa shape index (κ1) is 11.4. The molecule has 0 aliphatic heterocycles. The number of carbonyl (C=O) groups is 1. The van der Waals surface area contributed by atoms with E-state index in [0.717, 1.165) is 0 Å². The van der Waals surface area contributed by atoms with E-state index >= 15 is 0 Å². The summed E-state index contributed by atoms with van der Waals surface area (Å²) in [6.45, 7) is 3.67. The SMILES string of the molecule is CCC(CC)(Nc1cnccn1)C(=O)O. The highest BCUT2D eigenvalue weighted by molar-refractivity contribution is 5.82. The third kappa shape index (κ3) is 2.43. The fourth-order valence-electron chi connectivity index (χ4n) is 1.39. The zero-order valence-corrected chi connectivity index (χ0v) is 8.90. The molecule has 82 valence electrons. The summed E-state index contributed by atoms with van der Waals surface area (Å²) >= 11 is 0. The van der Waals surface area contributed by atoms with E-state index in [4.69, 9.17) is 0 Å². The van der Waals surface area contributed by atoms with Crippen molar-refractivity contribution in [2.45, 2.75) is 32.2 Å². The molecule has 0 atom stereocenters. The van der Waals surface area contributed by atoms with Crippen LogP contribution in [-0.4, -0.2) is 26.6 Å². The first-order valence-corrected chi connectivity index (χ1v) is 4.92. The lowest BCUT2D eigenvalue weighted by Crippen LogP contribution is -2.45. The second-order valence-corrected chi connectivity index (χ2v) is 3.31. The van der Waals surface area contributed by atoms with Gasteiger partial charge in [-0.3, -0.25) is 4.98 Å². The van der Waals surface area contributed by atoms with Crippen molar-refractivity contribution in [3.05, 3.63) is 18.6 Å². The quantitative estimate of drug-likeness (QED) is 0.769. The molecule has 2 N–H and O–H groups in total. The Kier molecular flexibility index (Phi) is 3.60. The van der Waals surface area contributed by atoms with Crippen molar-refractivity contribution >= 4 is 11.8 Å². The molecule has 5 nitrogen and oxygen atoms in total. The molecule has 0 aliphatic carbocycles. The van der Waals surface area contributed by atoms with Gasteiger partial charge in [-0.05, 0) is 12.8 Å². The van der Waals surface area contributed by atoms with Crippen LogP contribution in [0.15, 0.2) is 18.6 Å². The largest absolute Gasteiger partial charge is 0.480 e. The Bertz CT molecular complexity index is 323. The number of carboxylic acids is 1. The van der Waals surface area contributed by atoms with E-state index in [2.05, 4.69) is 15.3 Å². The summed E-state index contributed by atoms with van der Waals surface area (Å²) in [6.07, 6.45) is 5.58. The van der Waals surface area contributed by atoms with Crippen LogP contribution in [0.3, 0.4) is 0 Å². The molecule has 0 bridgehead atoms. The average Bonchev–Trinajstić information content (AvgIpc) is 2.27. The zero-order valence-electron chi connectivity index (χ0n) is 8.90. The van der Waals surface area contributed by atoms with Gasteiger partial charge in [-0.25, -0.2) is 9.78 Å². The minimum atomic E-state index is -0.948. The number of nitrogens with one attached hydrogen (secondary N) is 1. The highest BCUT2D eigenvalue weighted by Gasteiger charge is 2.34. The van der Waals surface area contributed by atoms with E-state index in [1.807, 2.05) is 13.8 Å². The molecule has 0 aliphatic rings. The first-order chi connectivity index (χ1) is 7.14. The number of carboxylic acid groups (broad SMARTS) is 1. The van der Waals surface area contributed by atoms with Crippen LogP contribution in [-0.2, 0) is 4.79 Å². The molecule has 5 heteroatoms. The van der Waals surface area contributed by atoms with Crippen molar-refractivity contribution in [1.82, 2.24) is 9.97 Å². The fourth-order valence-corrected chi connectivity index (χ4v) is 1.39. The summed E-state index contributed by atoms with van der Waals surface area (Å²) in [5.74, 6) is -0.373. The maximum atomic E-state index is 11.2. The molecular weight excluding hydrogens is 194 g/mol. The molecule has 0 aromatic carbocycles. The van der Waals surface area contributed by atoms with Gasteiger partial charge in [-0.2, -0.15) is 0 Å². The monoisotopic (exact) mass is 209 g/mol. The van der Waals surface area contributed by atoms with E-state index in [0.29, 0.717) is 18.7 Å². The predicted molar refractivity (Wildman–Crippen MR) is 56.6 cm³/mol. The van der Waals surface area contributed by atoms with Crippen LogP contribution < -0.4 is 5.32 Å². The maximum Gasteiger partial charge on any atom is 0.329 e. The molecule has 0 fully saturated rings. The van der Waals surface area contributed by atoms with Gasteiger partial charge in [0.2, 0.25) is 0 Å². The lowest BCUT2D eigenvalue weighted by molar-refractivity contribution is -0.142. The topological polar surface area (TPSA) is 75.1 Å². The number of hydrogen-bond acceptors (Lipinski definition) is 4. The van der Waals surface area contributed by atoms with Crippen LogP contribution in [0.5, 0.6) is 0 Å². The van der Waals surface area contributed by atoms with Crippen LogP contribution >= 0.6 is 0 Å². The molecule has 1 aromatic heterocycles. The Morgan fingerprint density at radius 1 is 1.47 bits per heavy atom. The number of aliphatic carboxylic acids is 1. The van der Waals surface area contributed by atoms with Gasteiger partial charge >= 0.3 is 5.97 Å². The molecule has 15 heavy (non-hydrogen) atoms. The number of hydrogen-bond donors (Lipinski definition) is 2. The number of rotatable bonds is 5.